The van der Waals surface area contributed by atoms with Gasteiger partial charge in [0.1, 0.15) is 11.8 Å². The average Bonchev–Trinajstić information content (AvgIpc) is 3.51. The molecule has 1 unspecified atom stereocenters. The minimum atomic E-state index is -1.14. The molecule has 3 aromatic rings. The van der Waals surface area contributed by atoms with Crippen LogP contribution < -0.4 is 10.5 Å². The van der Waals surface area contributed by atoms with E-state index in [1.54, 1.807) is 35.0 Å². The van der Waals surface area contributed by atoms with Crippen LogP contribution in [-0.2, 0) is 11.8 Å². The summed E-state index contributed by atoms with van der Waals surface area (Å²) in [5, 5.41) is 22.8. The van der Waals surface area contributed by atoms with Gasteiger partial charge in [0.05, 0.1) is 23.0 Å². The molecule has 0 spiro atoms. The molecule has 1 saturated carbocycles. The Morgan fingerprint density at radius 2 is 2.14 bits per heavy atom. The zero-order valence-corrected chi connectivity index (χ0v) is 15.7. The first-order chi connectivity index (χ1) is 14.0. The van der Waals surface area contributed by atoms with Crippen LogP contribution in [0.4, 0.5) is 0 Å². The molecule has 29 heavy (non-hydrogen) atoms. The zero-order valence-electron chi connectivity index (χ0n) is 15.7. The van der Waals surface area contributed by atoms with Crippen molar-refractivity contribution < 1.29 is 14.6 Å². The number of hydrogen-bond acceptors (Lipinski definition) is 6. The highest BCUT2D eigenvalue weighted by atomic mass is 16.5. The van der Waals surface area contributed by atoms with Crippen LogP contribution in [0, 0.1) is 11.3 Å². The number of hydrogen-bond donors (Lipinski definition) is 2. The van der Waals surface area contributed by atoms with Gasteiger partial charge in [-0.25, -0.2) is 4.68 Å². The monoisotopic (exact) mass is 389 g/mol. The third-order valence-electron chi connectivity index (χ3n) is 4.86. The van der Waals surface area contributed by atoms with Gasteiger partial charge in [0, 0.05) is 30.8 Å². The summed E-state index contributed by atoms with van der Waals surface area (Å²) >= 11 is 0. The van der Waals surface area contributed by atoms with Crippen molar-refractivity contribution in [3.8, 4) is 29.0 Å². The van der Waals surface area contributed by atoms with Gasteiger partial charge in [-0.15, -0.1) is 0 Å². The summed E-state index contributed by atoms with van der Waals surface area (Å²) in [4.78, 5) is 15.4. The standard InChI is InChI=1S/C21H19N5O3/c1-26-19(9-17(25-26)13-3-4-13)29-18-8-12(10-22)2-6-15(18)16-7-5-14(11-24-16)20(23)21(27)28/h2,5-9,11,13,20H,3-4,23H2,1H3,(H,27,28). The molecule has 0 saturated heterocycles. The predicted molar refractivity (Wildman–Crippen MR) is 104 cm³/mol. The number of aliphatic carboxylic acids is 1. The number of carbonyl (C=O) groups is 1. The van der Waals surface area contributed by atoms with Crippen LogP contribution in [0.25, 0.3) is 11.3 Å². The molecule has 1 aliphatic carbocycles. The van der Waals surface area contributed by atoms with E-state index in [1.165, 1.54) is 6.20 Å². The molecule has 8 heteroatoms. The third kappa shape index (κ3) is 3.81. The molecule has 1 atom stereocenters. The van der Waals surface area contributed by atoms with E-state index in [-0.39, 0.29) is 0 Å². The number of carboxylic acid groups (broad SMARTS) is 1. The van der Waals surface area contributed by atoms with Crippen molar-refractivity contribution in [3.05, 3.63) is 59.4 Å². The molecule has 2 aromatic heterocycles. The molecule has 0 amide bonds. The van der Waals surface area contributed by atoms with E-state index in [9.17, 15) is 10.1 Å². The Morgan fingerprint density at radius 3 is 2.76 bits per heavy atom. The topological polar surface area (TPSA) is 127 Å². The average molecular weight is 389 g/mol. The third-order valence-corrected chi connectivity index (χ3v) is 4.86. The van der Waals surface area contributed by atoms with E-state index in [2.05, 4.69) is 16.2 Å². The second-order valence-electron chi connectivity index (χ2n) is 7.02. The molecule has 0 radical (unpaired) electrons. The van der Waals surface area contributed by atoms with Crippen LogP contribution in [0.5, 0.6) is 11.6 Å². The van der Waals surface area contributed by atoms with E-state index in [4.69, 9.17) is 15.6 Å². The highest BCUT2D eigenvalue weighted by Gasteiger charge is 2.27. The smallest absolute Gasteiger partial charge is 0.325 e. The fraction of sp³-hybridized carbons (Fsp3) is 0.238. The number of nitrogens with two attached hydrogens (primary N) is 1. The number of pyridine rings is 1. The molecule has 1 aromatic carbocycles. The molecule has 0 bridgehead atoms. The Kier molecular flexibility index (Phi) is 4.74. The van der Waals surface area contributed by atoms with Gasteiger partial charge in [-0.2, -0.15) is 10.4 Å². The fourth-order valence-corrected chi connectivity index (χ4v) is 3.04. The molecule has 146 valence electrons. The first-order valence-electron chi connectivity index (χ1n) is 9.17. The summed E-state index contributed by atoms with van der Waals surface area (Å²) in [5.74, 6) is 0.422. The summed E-state index contributed by atoms with van der Waals surface area (Å²) in [7, 11) is 1.81. The molecule has 8 nitrogen and oxygen atoms in total. The van der Waals surface area contributed by atoms with E-state index in [0.29, 0.717) is 39.9 Å². The highest BCUT2D eigenvalue weighted by molar-refractivity contribution is 5.75. The van der Waals surface area contributed by atoms with Crippen molar-refractivity contribution >= 4 is 5.97 Å². The Bertz CT molecular complexity index is 1110. The molecule has 3 N–H and O–H groups in total. The quantitative estimate of drug-likeness (QED) is 0.663. The largest absolute Gasteiger partial charge is 0.480 e. The van der Waals surface area contributed by atoms with E-state index in [1.807, 2.05) is 13.1 Å². The Hall–Kier alpha value is -3.70. The summed E-state index contributed by atoms with van der Waals surface area (Å²) in [6.07, 6.45) is 3.71. The number of benzene rings is 1. The molecule has 1 fully saturated rings. The Labute approximate surface area is 167 Å². The minimum absolute atomic E-state index is 0.401. The first-order valence-corrected chi connectivity index (χ1v) is 9.17. The number of rotatable bonds is 6. The lowest BCUT2D eigenvalue weighted by Gasteiger charge is -2.12. The second-order valence-corrected chi connectivity index (χ2v) is 7.02. The fourth-order valence-electron chi connectivity index (χ4n) is 3.04. The number of nitriles is 1. The van der Waals surface area contributed by atoms with Crippen LogP contribution in [0.2, 0.25) is 0 Å². The molecule has 2 heterocycles. The van der Waals surface area contributed by atoms with Crippen molar-refractivity contribution in [2.45, 2.75) is 24.8 Å². The van der Waals surface area contributed by atoms with E-state index < -0.39 is 12.0 Å². The van der Waals surface area contributed by atoms with Crippen LogP contribution in [-0.4, -0.2) is 25.8 Å². The number of aryl methyl sites for hydroxylation is 1. The van der Waals surface area contributed by atoms with Gasteiger partial charge in [-0.1, -0.05) is 6.07 Å². The van der Waals surface area contributed by atoms with Crippen molar-refractivity contribution in [1.82, 2.24) is 14.8 Å². The molecular formula is C21H19N5O3. The van der Waals surface area contributed by atoms with Crippen molar-refractivity contribution in [1.29, 1.82) is 5.26 Å². The maximum Gasteiger partial charge on any atom is 0.325 e. The lowest BCUT2D eigenvalue weighted by atomic mass is 10.0. The molecule has 4 rings (SSSR count). The van der Waals surface area contributed by atoms with Crippen LogP contribution in [0.1, 0.15) is 41.6 Å². The molecule has 1 aliphatic rings. The first kappa shape index (κ1) is 18.7. The van der Waals surface area contributed by atoms with Crippen molar-refractivity contribution in [3.63, 3.8) is 0 Å². The summed E-state index contributed by atoms with van der Waals surface area (Å²) in [6.45, 7) is 0. The maximum atomic E-state index is 11.1. The van der Waals surface area contributed by atoms with Gasteiger partial charge >= 0.3 is 5.97 Å². The van der Waals surface area contributed by atoms with Gasteiger partial charge in [0.2, 0.25) is 5.88 Å². The number of nitrogens with zero attached hydrogens (tertiary/aromatic N) is 4. The van der Waals surface area contributed by atoms with Gasteiger partial charge in [0.15, 0.2) is 0 Å². The van der Waals surface area contributed by atoms with Gasteiger partial charge in [-0.3, -0.25) is 9.78 Å². The lowest BCUT2D eigenvalue weighted by Crippen LogP contribution is -2.20. The predicted octanol–water partition coefficient (Wildman–Crippen LogP) is 3.11. The number of aromatic nitrogens is 3. The molecular weight excluding hydrogens is 370 g/mol. The van der Waals surface area contributed by atoms with Crippen LogP contribution >= 0.6 is 0 Å². The molecule has 0 aliphatic heterocycles. The van der Waals surface area contributed by atoms with Crippen LogP contribution in [0.15, 0.2) is 42.6 Å². The summed E-state index contributed by atoms with van der Waals surface area (Å²) in [6, 6.07) is 11.3. The normalized spacial score (nSPS) is 14.2. The van der Waals surface area contributed by atoms with E-state index in [0.717, 1.165) is 18.5 Å². The minimum Gasteiger partial charge on any atom is -0.480 e. The highest BCUT2D eigenvalue weighted by Crippen LogP contribution is 2.41. The number of ether oxygens (including phenoxy) is 1. The summed E-state index contributed by atoms with van der Waals surface area (Å²) in [5.41, 5.74) is 8.75. The van der Waals surface area contributed by atoms with Gasteiger partial charge < -0.3 is 15.6 Å². The SMILES string of the molecule is Cn1nc(C2CC2)cc1Oc1cc(C#N)ccc1-c1ccc(C(N)C(=O)O)cn1. The lowest BCUT2D eigenvalue weighted by molar-refractivity contribution is -0.138. The van der Waals surface area contributed by atoms with Crippen molar-refractivity contribution in [2.24, 2.45) is 12.8 Å². The Balaban J connectivity index is 1.69. The Morgan fingerprint density at radius 1 is 1.34 bits per heavy atom. The van der Waals surface area contributed by atoms with Gasteiger partial charge in [0.25, 0.3) is 0 Å². The van der Waals surface area contributed by atoms with E-state index >= 15 is 0 Å². The number of carboxylic acids is 1. The zero-order chi connectivity index (χ0) is 20.5. The second kappa shape index (κ2) is 7.37. The van der Waals surface area contributed by atoms with Crippen LogP contribution in [0.3, 0.4) is 0 Å². The summed E-state index contributed by atoms with van der Waals surface area (Å²) < 4.78 is 7.78. The van der Waals surface area contributed by atoms with Crippen molar-refractivity contribution in [2.75, 3.05) is 0 Å². The van der Waals surface area contributed by atoms with Gasteiger partial charge in [-0.05, 0) is 42.7 Å². The maximum absolute atomic E-state index is 11.1.